The number of fused-ring (bicyclic) bond motifs is 1. The number of benzene rings is 1. The lowest BCUT2D eigenvalue weighted by atomic mass is 9.98. The minimum Gasteiger partial charge on any atom is -0.372 e. The highest BCUT2D eigenvalue weighted by atomic mass is 32.2. The molecule has 0 spiro atoms. The van der Waals surface area contributed by atoms with E-state index in [0.29, 0.717) is 19.6 Å². The Labute approximate surface area is 115 Å². The van der Waals surface area contributed by atoms with E-state index in [1.165, 1.54) is 22.9 Å². The van der Waals surface area contributed by atoms with Crippen LogP contribution in [0.25, 0.3) is 0 Å². The van der Waals surface area contributed by atoms with Gasteiger partial charge in [0, 0.05) is 18.1 Å². The summed E-state index contributed by atoms with van der Waals surface area (Å²) < 4.78 is 27.7. The van der Waals surface area contributed by atoms with Crippen LogP contribution in [0.5, 0.6) is 0 Å². The first-order valence-corrected chi connectivity index (χ1v) is 8.60. The van der Waals surface area contributed by atoms with Gasteiger partial charge in [0.15, 0.2) is 0 Å². The summed E-state index contributed by atoms with van der Waals surface area (Å²) in [4.78, 5) is 0. The van der Waals surface area contributed by atoms with Crippen molar-refractivity contribution in [3.8, 4) is 0 Å². The largest absolute Gasteiger partial charge is 0.372 e. The lowest BCUT2D eigenvalue weighted by Gasteiger charge is -2.17. The summed E-state index contributed by atoms with van der Waals surface area (Å²) in [6, 6.07) is 6.59. The first-order valence-electron chi connectivity index (χ1n) is 6.54. The molecule has 0 saturated carbocycles. The van der Waals surface area contributed by atoms with Gasteiger partial charge in [0.2, 0.25) is 0 Å². The molecule has 0 fully saturated rings. The number of hydrogen-bond donors (Lipinski definition) is 1. The van der Waals surface area contributed by atoms with Crippen molar-refractivity contribution in [2.45, 2.75) is 32.1 Å². The molecule has 0 saturated heterocycles. The first-order chi connectivity index (χ1) is 8.99. The Balaban J connectivity index is 2.01. The van der Waals surface area contributed by atoms with Gasteiger partial charge < -0.3 is 10.1 Å². The van der Waals surface area contributed by atoms with Gasteiger partial charge >= 0.3 is 0 Å². The van der Waals surface area contributed by atoms with Crippen molar-refractivity contribution in [3.63, 3.8) is 0 Å². The maximum atomic E-state index is 11.2. The molecule has 0 aromatic heterocycles. The zero-order valence-corrected chi connectivity index (χ0v) is 12.3. The van der Waals surface area contributed by atoms with Crippen molar-refractivity contribution >= 4 is 9.84 Å². The smallest absolute Gasteiger partial charge is 0.147 e. The van der Waals surface area contributed by atoms with Crippen LogP contribution in [0.3, 0.4) is 0 Å². The van der Waals surface area contributed by atoms with E-state index < -0.39 is 9.84 Å². The normalized spacial score (nSPS) is 16.3. The van der Waals surface area contributed by atoms with Gasteiger partial charge in [-0.25, -0.2) is 8.42 Å². The summed E-state index contributed by atoms with van der Waals surface area (Å²) >= 11 is 0. The van der Waals surface area contributed by atoms with E-state index in [9.17, 15) is 8.42 Å². The highest BCUT2D eigenvalue weighted by molar-refractivity contribution is 7.90. The maximum absolute atomic E-state index is 11.2. The lowest BCUT2D eigenvalue weighted by Crippen LogP contribution is -2.18. The van der Waals surface area contributed by atoms with Gasteiger partial charge in [-0.1, -0.05) is 18.2 Å². The standard InChI is InChI=1S/C14H21NO3S/c1-15-14(4-3-7-19(2,16)17)11-5-6-12-9-18-10-13(12)8-11/h5-6,8,14-15H,3-4,7,9-10H2,1-2H3. The molecule has 1 aromatic carbocycles. The molecule has 0 bridgehead atoms. The van der Waals surface area contributed by atoms with Crippen LogP contribution >= 0.6 is 0 Å². The summed E-state index contributed by atoms with van der Waals surface area (Å²) in [7, 11) is -0.956. The Kier molecular flexibility index (Phi) is 4.60. The molecule has 2 rings (SSSR count). The molecule has 5 heteroatoms. The molecule has 1 heterocycles. The lowest BCUT2D eigenvalue weighted by molar-refractivity contribution is 0.134. The molecule has 1 atom stereocenters. The van der Waals surface area contributed by atoms with Crippen molar-refractivity contribution in [1.29, 1.82) is 0 Å². The highest BCUT2D eigenvalue weighted by Gasteiger charge is 2.15. The highest BCUT2D eigenvalue weighted by Crippen LogP contribution is 2.25. The van der Waals surface area contributed by atoms with Gasteiger partial charge in [0.05, 0.1) is 13.2 Å². The summed E-state index contributed by atoms with van der Waals surface area (Å²) in [5, 5.41) is 3.26. The Hall–Kier alpha value is -0.910. The first kappa shape index (κ1) is 14.5. The van der Waals surface area contributed by atoms with Crippen molar-refractivity contribution in [1.82, 2.24) is 5.32 Å². The van der Waals surface area contributed by atoms with Crippen LogP contribution in [-0.4, -0.2) is 27.5 Å². The van der Waals surface area contributed by atoms with Gasteiger partial charge in [-0.2, -0.15) is 0 Å². The molecule has 1 aliphatic rings. The van der Waals surface area contributed by atoms with Gasteiger partial charge in [0.25, 0.3) is 0 Å². The number of nitrogens with one attached hydrogen (secondary N) is 1. The minimum absolute atomic E-state index is 0.202. The zero-order valence-electron chi connectivity index (χ0n) is 11.5. The Morgan fingerprint density at radius 3 is 2.74 bits per heavy atom. The van der Waals surface area contributed by atoms with Gasteiger partial charge in [-0.05, 0) is 36.6 Å². The number of hydrogen-bond acceptors (Lipinski definition) is 4. The average molecular weight is 283 g/mol. The number of sulfone groups is 1. The molecule has 106 valence electrons. The maximum Gasteiger partial charge on any atom is 0.147 e. The molecule has 1 aromatic rings. The fourth-order valence-electron chi connectivity index (χ4n) is 2.44. The van der Waals surface area contributed by atoms with E-state index in [1.54, 1.807) is 0 Å². The summed E-state index contributed by atoms with van der Waals surface area (Å²) in [5.74, 6) is 0.249. The molecular formula is C14H21NO3S. The third-order valence-corrected chi connectivity index (χ3v) is 4.53. The molecule has 0 amide bonds. The van der Waals surface area contributed by atoms with Crippen LogP contribution < -0.4 is 5.32 Å². The number of ether oxygens (including phenoxy) is 1. The van der Waals surface area contributed by atoms with Crippen LogP contribution in [0, 0.1) is 0 Å². The van der Waals surface area contributed by atoms with Crippen LogP contribution in [0.2, 0.25) is 0 Å². The van der Waals surface area contributed by atoms with Crippen molar-refractivity contribution in [2.75, 3.05) is 19.1 Å². The summed E-state index contributed by atoms with van der Waals surface area (Å²) in [6.45, 7) is 1.39. The van der Waals surface area contributed by atoms with Crippen LogP contribution in [0.15, 0.2) is 18.2 Å². The fourth-order valence-corrected chi connectivity index (χ4v) is 3.13. The predicted molar refractivity (Wildman–Crippen MR) is 75.7 cm³/mol. The molecule has 0 aliphatic carbocycles. The predicted octanol–water partition coefficient (Wildman–Crippen LogP) is 1.80. The third-order valence-electron chi connectivity index (χ3n) is 3.50. The Morgan fingerprint density at radius 2 is 2.05 bits per heavy atom. The van der Waals surface area contributed by atoms with E-state index >= 15 is 0 Å². The zero-order chi connectivity index (χ0) is 13.9. The van der Waals surface area contributed by atoms with Gasteiger partial charge in [0.1, 0.15) is 9.84 Å². The Bertz CT molecular complexity index is 540. The van der Waals surface area contributed by atoms with Crippen LogP contribution in [0.1, 0.15) is 35.6 Å². The third kappa shape index (κ3) is 4.03. The molecule has 1 aliphatic heterocycles. The van der Waals surface area contributed by atoms with Crippen molar-refractivity contribution in [3.05, 3.63) is 34.9 Å². The minimum atomic E-state index is -2.87. The molecule has 1 unspecified atom stereocenters. The second kappa shape index (κ2) is 6.03. The van der Waals surface area contributed by atoms with E-state index in [2.05, 4.69) is 23.5 Å². The van der Waals surface area contributed by atoms with Crippen LogP contribution in [-0.2, 0) is 27.8 Å². The molecule has 19 heavy (non-hydrogen) atoms. The molecule has 4 nitrogen and oxygen atoms in total. The van der Waals surface area contributed by atoms with E-state index in [1.807, 2.05) is 7.05 Å². The monoisotopic (exact) mass is 283 g/mol. The fraction of sp³-hybridized carbons (Fsp3) is 0.571. The molecular weight excluding hydrogens is 262 g/mol. The Morgan fingerprint density at radius 1 is 1.32 bits per heavy atom. The van der Waals surface area contributed by atoms with Gasteiger partial charge in [-0.15, -0.1) is 0 Å². The molecule has 0 radical (unpaired) electrons. The quantitative estimate of drug-likeness (QED) is 0.865. The van der Waals surface area contributed by atoms with Crippen molar-refractivity contribution < 1.29 is 13.2 Å². The average Bonchev–Trinajstić information content (AvgIpc) is 2.80. The second-order valence-corrected chi connectivity index (χ2v) is 7.39. The second-order valence-electron chi connectivity index (χ2n) is 5.13. The SMILES string of the molecule is CNC(CCCS(C)(=O)=O)c1ccc2c(c1)COC2. The van der Waals surface area contributed by atoms with Crippen LogP contribution in [0.4, 0.5) is 0 Å². The summed E-state index contributed by atoms with van der Waals surface area (Å²) in [6.07, 6.45) is 2.79. The van der Waals surface area contributed by atoms with Crippen molar-refractivity contribution in [2.24, 2.45) is 0 Å². The van der Waals surface area contributed by atoms with E-state index in [4.69, 9.17) is 4.74 Å². The molecule has 1 N–H and O–H groups in total. The van der Waals surface area contributed by atoms with E-state index in [-0.39, 0.29) is 11.8 Å². The topological polar surface area (TPSA) is 55.4 Å². The van der Waals surface area contributed by atoms with E-state index in [0.717, 1.165) is 6.42 Å². The van der Waals surface area contributed by atoms with Gasteiger partial charge in [-0.3, -0.25) is 0 Å². The number of rotatable bonds is 6. The summed E-state index contributed by atoms with van der Waals surface area (Å²) in [5.41, 5.74) is 3.72.